The lowest BCUT2D eigenvalue weighted by Gasteiger charge is -2.34. The number of carbonyl (C=O) groups excluding carboxylic acids is 2. The number of ether oxygens (including phenoxy) is 3. The first-order valence-corrected chi connectivity index (χ1v) is 8.49. The Morgan fingerprint density at radius 3 is 2.52 bits per heavy atom. The van der Waals surface area contributed by atoms with Crippen LogP contribution in [-0.4, -0.2) is 44.8 Å². The largest absolute Gasteiger partial charge is 0.496 e. The second-order valence-electron chi connectivity index (χ2n) is 7.19. The molecule has 1 atom stereocenters. The van der Waals surface area contributed by atoms with Crippen molar-refractivity contribution in [1.29, 1.82) is 0 Å². The zero-order chi connectivity index (χ0) is 18.6. The van der Waals surface area contributed by atoms with Crippen LogP contribution in [0.25, 0.3) is 0 Å². The Morgan fingerprint density at radius 1 is 1.20 bits per heavy atom. The summed E-state index contributed by atoms with van der Waals surface area (Å²) < 4.78 is 15.6. The van der Waals surface area contributed by atoms with Crippen LogP contribution in [0.1, 0.15) is 44.0 Å². The maximum Gasteiger partial charge on any atom is 0.341 e. The van der Waals surface area contributed by atoms with Gasteiger partial charge in [0.2, 0.25) is 0 Å². The normalized spacial score (nSPS) is 17.8. The highest BCUT2D eigenvalue weighted by Crippen LogP contribution is 2.29. The number of methoxy groups -OCH3 is 2. The van der Waals surface area contributed by atoms with Crippen LogP contribution >= 0.6 is 0 Å². The molecule has 0 radical (unpaired) electrons. The molecule has 0 aliphatic carbocycles. The van der Waals surface area contributed by atoms with Crippen LogP contribution in [0.15, 0.2) is 18.2 Å². The van der Waals surface area contributed by atoms with E-state index in [0.29, 0.717) is 17.9 Å². The van der Waals surface area contributed by atoms with Gasteiger partial charge in [0.05, 0.1) is 20.1 Å². The van der Waals surface area contributed by atoms with Gasteiger partial charge in [0.1, 0.15) is 16.9 Å². The Hall–Kier alpha value is -2.24. The molecule has 1 aromatic rings. The molecule has 25 heavy (non-hydrogen) atoms. The number of rotatable bonds is 4. The van der Waals surface area contributed by atoms with E-state index in [9.17, 15) is 9.59 Å². The lowest BCUT2D eigenvalue weighted by molar-refractivity contribution is -0.160. The molecule has 1 heterocycles. The number of hydrogen-bond donors (Lipinski definition) is 0. The molecule has 138 valence electrons. The molecule has 0 aromatic heterocycles. The number of nitrogens with zero attached hydrogens (tertiary/aromatic N) is 1. The van der Waals surface area contributed by atoms with E-state index < -0.39 is 11.6 Å². The molecule has 0 N–H and O–H groups in total. The first-order chi connectivity index (χ1) is 11.7. The van der Waals surface area contributed by atoms with E-state index in [4.69, 9.17) is 14.2 Å². The minimum absolute atomic E-state index is 0.168. The monoisotopic (exact) mass is 349 g/mol. The maximum atomic E-state index is 12.4. The summed E-state index contributed by atoms with van der Waals surface area (Å²) in [6, 6.07) is 5.39. The summed E-state index contributed by atoms with van der Waals surface area (Å²) >= 11 is 0. The molecule has 0 spiro atoms. The Balaban J connectivity index is 2.18. The molecule has 0 bridgehead atoms. The Kier molecular flexibility index (Phi) is 5.93. The Morgan fingerprint density at radius 2 is 1.92 bits per heavy atom. The van der Waals surface area contributed by atoms with Gasteiger partial charge in [-0.3, -0.25) is 4.79 Å². The van der Waals surface area contributed by atoms with Crippen LogP contribution < -0.4 is 9.64 Å². The molecule has 2 rings (SSSR count). The minimum Gasteiger partial charge on any atom is -0.496 e. The second kappa shape index (κ2) is 7.76. The lowest BCUT2D eigenvalue weighted by Crippen LogP contribution is -2.41. The molecule has 1 fully saturated rings. The van der Waals surface area contributed by atoms with Gasteiger partial charge in [-0.15, -0.1) is 0 Å². The summed E-state index contributed by atoms with van der Waals surface area (Å²) in [7, 11) is 2.86. The van der Waals surface area contributed by atoms with E-state index >= 15 is 0 Å². The number of esters is 2. The molecule has 1 aliphatic rings. The van der Waals surface area contributed by atoms with Crippen molar-refractivity contribution in [2.45, 2.75) is 39.2 Å². The predicted octanol–water partition coefficient (Wildman–Crippen LogP) is 3.04. The first-order valence-electron chi connectivity index (χ1n) is 8.49. The molecule has 6 nitrogen and oxygen atoms in total. The van der Waals surface area contributed by atoms with E-state index in [1.807, 2.05) is 26.8 Å². The van der Waals surface area contributed by atoms with E-state index in [2.05, 4.69) is 4.90 Å². The SMILES string of the molecule is COC(=O)c1cc(N2CCCC(C(=O)OC(C)(C)C)C2)ccc1OC. The van der Waals surface area contributed by atoms with Crippen molar-refractivity contribution in [2.24, 2.45) is 5.92 Å². The quantitative estimate of drug-likeness (QED) is 0.779. The fourth-order valence-electron chi connectivity index (χ4n) is 2.95. The van der Waals surface area contributed by atoms with Crippen LogP contribution in [0, 0.1) is 5.92 Å². The van der Waals surface area contributed by atoms with E-state index in [1.165, 1.54) is 14.2 Å². The smallest absolute Gasteiger partial charge is 0.341 e. The standard InChI is InChI=1S/C19H27NO5/c1-19(2,3)25-17(21)13-7-6-10-20(12-13)14-8-9-16(23-4)15(11-14)18(22)24-5/h8-9,11,13H,6-7,10,12H2,1-5H3. The maximum absolute atomic E-state index is 12.4. The van der Waals surface area contributed by atoms with Crippen LogP contribution in [0.5, 0.6) is 5.75 Å². The highest BCUT2D eigenvalue weighted by molar-refractivity contribution is 5.93. The number of benzene rings is 1. The molecule has 0 amide bonds. The Labute approximate surface area is 149 Å². The fourth-order valence-corrected chi connectivity index (χ4v) is 2.95. The van der Waals surface area contributed by atoms with Crippen molar-refractivity contribution in [3.8, 4) is 5.75 Å². The van der Waals surface area contributed by atoms with Gasteiger partial charge in [-0.2, -0.15) is 0 Å². The summed E-state index contributed by atoms with van der Waals surface area (Å²) in [5.74, 6) is -0.314. The fraction of sp³-hybridized carbons (Fsp3) is 0.579. The molecule has 0 saturated carbocycles. The van der Waals surface area contributed by atoms with Gasteiger partial charge in [0.15, 0.2) is 0 Å². The third-order valence-electron chi connectivity index (χ3n) is 4.12. The predicted molar refractivity (Wildman–Crippen MR) is 95.1 cm³/mol. The lowest BCUT2D eigenvalue weighted by atomic mass is 9.97. The minimum atomic E-state index is -0.489. The van der Waals surface area contributed by atoms with Crippen molar-refractivity contribution in [2.75, 3.05) is 32.2 Å². The average molecular weight is 349 g/mol. The average Bonchev–Trinajstić information content (AvgIpc) is 2.59. The van der Waals surface area contributed by atoms with Gasteiger partial charge in [-0.25, -0.2) is 4.79 Å². The van der Waals surface area contributed by atoms with Crippen LogP contribution in [-0.2, 0) is 14.3 Å². The van der Waals surface area contributed by atoms with Gasteiger partial charge < -0.3 is 19.1 Å². The molecular formula is C19H27NO5. The van der Waals surface area contributed by atoms with Crippen molar-refractivity contribution >= 4 is 17.6 Å². The molecular weight excluding hydrogens is 322 g/mol. The van der Waals surface area contributed by atoms with Gasteiger partial charge in [0.25, 0.3) is 0 Å². The van der Waals surface area contributed by atoms with Crippen LogP contribution in [0.2, 0.25) is 0 Å². The number of piperidine rings is 1. The Bertz CT molecular complexity index is 635. The number of anilines is 1. The topological polar surface area (TPSA) is 65.1 Å². The third kappa shape index (κ3) is 4.87. The van der Waals surface area contributed by atoms with E-state index in [1.54, 1.807) is 12.1 Å². The second-order valence-corrected chi connectivity index (χ2v) is 7.19. The molecule has 1 saturated heterocycles. The highest BCUT2D eigenvalue weighted by atomic mass is 16.6. The summed E-state index contributed by atoms with van der Waals surface area (Å²) in [5.41, 5.74) is 0.758. The van der Waals surface area contributed by atoms with Crippen LogP contribution in [0.4, 0.5) is 5.69 Å². The summed E-state index contributed by atoms with van der Waals surface area (Å²) in [4.78, 5) is 26.4. The van der Waals surface area contributed by atoms with E-state index in [-0.39, 0.29) is 11.9 Å². The van der Waals surface area contributed by atoms with Crippen molar-refractivity contribution in [3.05, 3.63) is 23.8 Å². The van der Waals surface area contributed by atoms with Crippen molar-refractivity contribution < 1.29 is 23.8 Å². The molecule has 6 heteroatoms. The molecule has 1 aliphatic heterocycles. The van der Waals surface area contributed by atoms with Gasteiger partial charge in [-0.1, -0.05) is 0 Å². The van der Waals surface area contributed by atoms with Gasteiger partial charge in [-0.05, 0) is 51.8 Å². The highest BCUT2D eigenvalue weighted by Gasteiger charge is 2.30. The molecule has 1 unspecified atom stereocenters. The van der Waals surface area contributed by atoms with E-state index in [0.717, 1.165) is 25.1 Å². The van der Waals surface area contributed by atoms with Crippen molar-refractivity contribution in [1.82, 2.24) is 0 Å². The molecule has 1 aromatic carbocycles. The van der Waals surface area contributed by atoms with Crippen molar-refractivity contribution in [3.63, 3.8) is 0 Å². The summed E-state index contributed by atoms with van der Waals surface area (Å²) in [6.45, 7) is 7.01. The first kappa shape index (κ1) is 19.1. The number of carbonyl (C=O) groups is 2. The number of hydrogen-bond acceptors (Lipinski definition) is 6. The summed E-state index contributed by atoms with van der Waals surface area (Å²) in [5, 5.41) is 0. The zero-order valence-electron chi connectivity index (χ0n) is 15.6. The summed E-state index contributed by atoms with van der Waals surface area (Å²) in [6.07, 6.45) is 1.70. The van der Waals surface area contributed by atoms with Gasteiger partial charge >= 0.3 is 11.9 Å². The zero-order valence-corrected chi connectivity index (χ0v) is 15.6. The van der Waals surface area contributed by atoms with Crippen LogP contribution in [0.3, 0.4) is 0 Å². The third-order valence-corrected chi connectivity index (χ3v) is 4.12. The van der Waals surface area contributed by atoms with Gasteiger partial charge in [0, 0.05) is 18.8 Å².